The van der Waals surface area contributed by atoms with E-state index in [1.54, 1.807) is 7.05 Å². The first-order valence-electron chi connectivity index (χ1n) is 6.22. The van der Waals surface area contributed by atoms with Crippen LogP contribution < -0.4 is 0 Å². The number of benzene rings is 1. The van der Waals surface area contributed by atoms with E-state index in [-0.39, 0.29) is 0 Å². The topological polar surface area (TPSA) is 21.6 Å². The van der Waals surface area contributed by atoms with Gasteiger partial charge in [0.25, 0.3) is 0 Å². The minimum Gasteiger partial charge on any atom is -0.478 e. The summed E-state index contributed by atoms with van der Waals surface area (Å²) >= 11 is 0. The van der Waals surface area contributed by atoms with Crippen molar-refractivity contribution in [3.63, 3.8) is 0 Å². The number of aliphatic imine (C=N–C) groups is 1. The highest BCUT2D eigenvalue weighted by atomic mass is 16.5. The van der Waals surface area contributed by atoms with Crippen LogP contribution in [0.15, 0.2) is 53.6 Å². The average molecular weight is 243 g/mol. The van der Waals surface area contributed by atoms with Crippen molar-refractivity contribution in [2.75, 3.05) is 13.7 Å². The van der Waals surface area contributed by atoms with Crippen molar-refractivity contribution in [3.8, 4) is 0 Å². The number of hydrogen-bond donors (Lipinski definition) is 0. The van der Waals surface area contributed by atoms with Crippen LogP contribution in [0.25, 0.3) is 0 Å². The molecule has 0 fully saturated rings. The van der Waals surface area contributed by atoms with Crippen LogP contribution in [0, 0.1) is 0 Å². The summed E-state index contributed by atoms with van der Waals surface area (Å²) in [6, 6.07) is 8.19. The highest BCUT2D eigenvalue weighted by Crippen LogP contribution is 2.16. The number of nitrogens with zero attached hydrogens (tertiary/aromatic N) is 1. The van der Waals surface area contributed by atoms with Gasteiger partial charge in [-0.1, -0.05) is 36.9 Å². The number of allylic oxidation sites excluding steroid dienone is 3. The van der Waals surface area contributed by atoms with Gasteiger partial charge in [0.1, 0.15) is 0 Å². The molecule has 1 aromatic carbocycles. The van der Waals surface area contributed by atoms with Gasteiger partial charge in [0.15, 0.2) is 0 Å². The normalized spacial score (nSPS) is 12.4. The second kappa shape index (κ2) is 7.49. The SMILES string of the molecule is C=C/C(=C\C)Cc1ccccc1C(=NC)OCC. The molecule has 0 aromatic heterocycles. The van der Waals surface area contributed by atoms with Gasteiger partial charge in [-0.3, -0.25) is 4.99 Å². The zero-order valence-electron chi connectivity index (χ0n) is 11.4. The van der Waals surface area contributed by atoms with Gasteiger partial charge in [0, 0.05) is 12.6 Å². The van der Waals surface area contributed by atoms with E-state index in [1.807, 2.05) is 38.1 Å². The molecule has 2 heteroatoms. The number of hydrogen-bond acceptors (Lipinski definition) is 2. The molecule has 0 N–H and O–H groups in total. The molecule has 0 radical (unpaired) electrons. The zero-order chi connectivity index (χ0) is 13.4. The second-order valence-corrected chi connectivity index (χ2v) is 3.86. The van der Waals surface area contributed by atoms with Crippen LogP contribution in [0.4, 0.5) is 0 Å². The van der Waals surface area contributed by atoms with Crippen LogP contribution in [0.1, 0.15) is 25.0 Å². The van der Waals surface area contributed by atoms with Crippen LogP contribution in [0.2, 0.25) is 0 Å². The molecule has 0 heterocycles. The molecule has 0 saturated carbocycles. The van der Waals surface area contributed by atoms with E-state index in [4.69, 9.17) is 4.74 Å². The predicted octanol–water partition coefficient (Wildman–Crippen LogP) is 3.77. The molecule has 0 aliphatic heterocycles. The number of ether oxygens (including phenoxy) is 1. The van der Waals surface area contributed by atoms with Crippen LogP contribution in [0.5, 0.6) is 0 Å². The lowest BCUT2D eigenvalue weighted by Gasteiger charge is -2.12. The lowest BCUT2D eigenvalue weighted by atomic mass is 9.99. The summed E-state index contributed by atoms with van der Waals surface area (Å²) in [5, 5.41) is 0. The Morgan fingerprint density at radius 3 is 2.67 bits per heavy atom. The van der Waals surface area contributed by atoms with E-state index in [0.717, 1.165) is 12.0 Å². The van der Waals surface area contributed by atoms with Gasteiger partial charge in [0.2, 0.25) is 5.90 Å². The van der Waals surface area contributed by atoms with Gasteiger partial charge in [-0.25, -0.2) is 0 Å². The number of rotatable bonds is 5. The van der Waals surface area contributed by atoms with Crippen molar-refractivity contribution in [1.29, 1.82) is 0 Å². The molecule has 0 bridgehead atoms. The Bertz CT molecular complexity index is 458. The van der Waals surface area contributed by atoms with Gasteiger partial charge >= 0.3 is 0 Å². The fraction of sp³-hybridized carbons (Fsp3) is 0.312. The lowest BCUT2D eigenvalue weighted by Crippen LogP contribution is -2.10. The minimum atomic E-state index is 0.624. The third-order valence-electron chi connectivity index (χ3n) is 2.76. The molecule has 1 rings (SSSR count). The first-order valence-corrected chi connectivity index (χ1v) is 6.22. The Morgan fingerprint density at radius 1 is 1.39 bits per heavy atom. The van der Waals surface area contributed by atoms with Crippen LogP contribution in [-0.4, -0.2) is 19.6 Å². The van der Waals surface area contributed by atoms with Gasteiger partial charge in [-0.15, -0.1) is 0 Å². The Hall–Kier alpha value is -1.83. The third-order valence-corrected chi connectivity index (χ3v) is 2.76. The van der Waals surface area contributed by atoms with Crippen LogP contribution >= 0.6 is 0 Å². The lowest BCUT2D eigenvalue weighted by molar-refractivity contribution is 0.328. The zero-order valence-corrected chi connectivity index (χ0v) is 11.4. The molecule has 0 atom stereocenters. The summed E-state index contributed by atoms with van der Waals surface area (Å²) in [7, 11) is 1.76. The van der Waals surface area contributed by atoms with Gasteiger partial charge in [-0.05, 0) is 37.5 Å². The highest BCUT2D eigenvalue weighted by molar-refractivity contribution is 5.95. The van der Waals surface area contributed by atoms with Crippen molar-refractivity contribution in [1.82, 2.24) is 0 Å². The van der Waals surface area contributed by atoms with Crippen molar-refractivity contribution < 1.29 is 4.74 Å². The highest BCUT2D eigenvalue weighted by Gasteiger charge is 2.09. The summed E-state index contributed by atoms with van der Waals surface area (Å²) in [6.07, 6.45) is 4.82. The molecular weight excluding hydrogens is 222 g/mol. The van der Waals surface area contributed by atoms with Gasteiger partial charge < -0.3 is 4.74 Å². The second-order valence-electron chi connectivity index (χ2n) is 3.86. The standard InChI is InChI=1S/C16H21NO/c1-5-13(6-2)12-14-10-8-9-11-15(14)16(17-4)18-7-3/h5-6,8-11H,1,7,12H2,2-4H3/b13-6+,17-16?. The molecule has 1 aromatic rings. The molecule has 96 valence electrons. The predicted molar refractivity (Wildman–Crippen MR) is 78.2 cm³/mol. The summed E-state index contributed by atoms with van der Waals surface area (Å²) in [4.78, 5) is 4.22. The molecule has 0 unspecified atom stereocenters. The van der Waals surface area contributed by atoms with Crippen LogP contribution in [0.3, 0.4) is 0 Å². The maximum absolute atomic E-state index is 5.57. The Kier molecular flexibility index (Phi) is 5.92. The molecular formula is C16H21NO. The Balaban J connectivity index is 3.09. The van der Waals surface area contributed by atoms with Gasteiger partial charge in [-0.2, -0.15) is 0 Å². The van der Waals surface area contributed by atoms with Crippen molar-refractivity contribution in [2.24, 2.45) is 4.99 Å². The molecule has 0 aliphatic rings. The Labute approximate surface area is 110 Å². The molecule has 18 heavy (non-hydrogen) atoms. The van der Waals surface area contributed by atoms with E-state index in [2.05, 4.69) is 23.7 Å². The van der Waals surface area contributed by atoms with Gasteiger partial charge in [0.05, 0.1) is 6.61 Å². The first kappa shape index (κ1) is 14.2. The average Bonchev–Trinajstić information content (AvgIpc) is 2.42. The van der Waals surface area contributed by atoms with Crippen molar-refractivity contribution in [3.05, 3.63) is 59.7 Å². The van der Waals surface area contributed by atoms with Crippen LogP contribution in [-0.2, 0) is 11.2 Å². The minimum absolute atomic E-state index is 0.624. The molecule has 0 aliphatic carbocycles. The third kappa shape index (κ3) is 3.59. The fourth-order valence-electron chi connectivity index (χ4n) is 1.79. The molecule has 0 saturated heterocycles. The summed E-state index contributed by atoms with van der Waals surface area (Å²) in [5.74, 6) is 0.701. The summed E-state index contributed by atoms with van der Waals surface area (Å²) in [6.45, 7) is 8.45. The monoisotopic (exact) mass is 243 g/mol. The van der Waals surface area contributed by atoms with E-state index in [0.29, 0.717) is 12.5 Å². The first-order chi connectivity index (χ1) is 8.76. The maximum Gasteiger partial charge on any atom is 0.216 e. The summed E-state index contributed by atoms with van der Waals surface area (Å²) < 4.78 is 5.57. The molecule has 2 nitrogen and oxygen atoms in total. The van der Waals surface area contributed by atoms with Crippen molar-refractivity contribution >= 4 is 5.90 Å². The van der Waals surface area contributed by atoms with E-state index >= 15 is 0 Å². The quantitative estimate of drug-likeness (QED) is 0.438. The fourth-order valence-corrected chi connectivity index (χ4v) is 1.79. The van der Waals surface area contributed by atoms with E-state index < -0.39 is 0 Å². The summed E-state index contributed by atoms with van der Waals surface area (Å²) in [5.41, 5.74) is 3.47. The molecule has 0 amide bonds. The Morgan fingerprint density at radius 2 is 2.11 bits per heavy atom. The maximum atomic E-state index is 5.57. The van der Waals surface area contributed by atoms with Crippen molar-refractivity contribution in [2.45, 2.75) is 20.3 Å². The molecule has 0 spiro atoms. The smallest absolute Gasteiger partial charge is 0.216 e. The van der Waals surface area contributed by atoms with E-state index in [9.17, 15) is 0 Å². The largest absolute Gasteiger partial charge is 0.478 e. The van der Waals surface area contributed by atoms with E-state index in [1.165, 1.54) is 11.1 Å².